The summed E-state index contributed by atoms with van der Waals surface area (Å²) in [6.45, 7) is 3.92. The maximum atomic E-state index is 13.3. The van der Waals surface area contributed by atoms with Crippen LogP contribution in [0.4, 0.5) is 0 Å². The summed E-state index contributed by atoms with van der Waals surface area (Å²) in [6, 6.07) is 11.8. The molecule has 0 bridgehead atoms. The van der Waals surface area contributed by atoms with Gasteiger partial charge in [-0.1, -0.05) is 17.7 Å². The van der Waals surface area contributed by atoms with E-state index in [2.05, 4.69) is 16.3 Å². The van der Waals surface area contributed by atoms with E-state index in [1.54, 1.807) is 7.11 Å². The highest BCUT2D eigenvalue weighted by Crippen LogP contribution is 2.39. The third-order valence-electron chi connectivity index (χ3n) is 5.01. The maximum absolute atomic E-state index is 13.3. The summed E-state index contributed by atoms with van der Waals surface area (Å²) in [7, 11) is 0.404. The van der Waals surface area contributed by atoms with Gasteiger partial charge in [0.1, 0.15) is 5.75 Å². The van der Waals surface area contributed by atoms with E-state index in [1.165, 1.54) is 0 Å². The first kappa shape index (κ1) is 17.0. The van der Waals surface area contributed by atoms with Gasteiger partial charge in [0.25, 0.3) is 0 Å². The van der Waals surface area contributed by atoms with Crippen molar-refractivity contribution in [2.75, 3.05) is 33.3 Å². The number of halogens is 1. The SMILES string of the molecule is COc1ccc2c(c1)[S@](=O)c1ccc(Cl)cc1[C@@H](N1CCNCC1)C2. The summed E-state index contributed by atoms with van der Waals surface area (Å²) >= 11 is 6.29. The number of hydrogen-bond acceptors (Lipinski definition) is 4. The molecule has 2 heterocycles. The number of nitrogens with zero attached hydrogens (tertiary/aromatic N) is 1. The molecule has 1 fully saturated rings. The predicted octanol–water partition coefficient (Wildman–Crippen LogP) is 3.02. The number of nitrogens with one attached hydrogen (secondary N) is 1. The second-order valence-corrected chi connectivity index (χ2v) is 8.28. The first-order chi connectivity index (χ1) is 12.2. The molecule has 2 aliphatic rings. The lowest BCUT2D eigenvalue weighted by Crippen LogP contribution is -2.45. The summed E-state index contributed by atoms with van der Waals surface area (Å²) in [6.07, 6.45) is 0.832. The fraction of sp³-hybridized carbons (Fsp3) is 0.368. The Hall–Kier alpha value is -1.40. The number of hydrogen-bond donors (Lipinski definition) is 1. The molecule has 1 N–H and O–H groups in total. The van der Waals surface area contributed by atoms with Crippen LogP contribution >= 0.6 is 11.6 Å². The van der Waals surface area contributed by atoms with E-state index < -0.39 is 10.8 Å². The van der Waals surface area contributed by atoms with Gasteiger partial charge in [-0.25, -0.2) is 4.21 Å². The number of piperazine rings is 1. The Morgan fingerprint density at radius 3 is 2.72 bits per heavy atom. The van der Waals surface area contributed by atoms with E-state index in [4.69, 9.17) is 16.3 Å². The summed E-state index contributed by atoms with van der Waals surface area (Å²) < 4.78 is 18.7. The van der Waals surface area contributed by atoms with Crippen LogP contribution < -0.4 is 10.1 Å². The first-order valence-corrected chi connectivity index (χ1v) is 10.0. The minimum atomic E-state index is -1.23. The standard InChI is InChI=1S/C19H21ClN2O2S/c1-24-15-4-2-13-10-17(22-8-6-21-7-9-22)16-11-14(20)3-5-18(16)25(23)19(13)12-15/h2-5,11-12,17,21H,6-10H2,1H3/t17-,25+/m0/s1. The Morgan fingerprint density at radius 2 is 1.96 bits per heavy atom. The molecule has 2 aromatic carbocycles. The highest BCUT2D eigenvalue weighted by atomic mass is 35.5. The molecule has 0 aliphatic carbocycles. The minimum Gasteiger partial charge on any atom is -0.497 e. The van der Waals surface area contributed by atoms with Crippen molar-refractivity contribution < 1.29 is 8.95 Å². The fourth-order valence-corrected chi connectivity index (χ4v) is 5.34. The molecule has 4 nitrogen and oxygen atoms in total. The van der Waals surface area contributed by atoms with E-state index in [1.807, 2.05) is 30.3 Å². The predicted molar refractivity (Wildman–Crippen MR) is 100 cm³/mol. The van der Waals surface area contributed by atoms with Gasteiger partial charge in [0.2, 0.25) is 0 Å². The second-order valence-electron chi connectivity index (χ2n) is 6.43. The number of methoxy groups -OCH3 is 1. The molecule has 2 aliphatic heterocycles. The molecule has 132 valence electrons. The van der Waals surface area contributed by atoms with E-state index in [-0.39, 0.29) is 6.04 Å². The molecule has 0 aromatic heterocycles. The maximum Gasteiger partial charge on any atom is 0.120 e. The van der Waals surface area contributed by atoms with E-state index in [9.17, 15) is 4.21 Å². The second kappa shape index (κ2) is 7.08. The molecular weight excluding hydrogens is 356 g/mol. The van der Waals surface area contributed by atoms with Gasteiger partial charge < -0.3 is 10.1 Å². The van der Waals surface area contributed by atoms with Gasteiger partial charge >= 0.3 is 0 Å². The highest BCUT2D eigenvalue weighted by molar-refractivity contribution is 7.85. The van der Waals surface area contributed by atoms with Gasteiger partial charge in [-0.05, 0) is 47.9 Å². The van der Waals surface area contributed by atoms with Crippen LogP contribution in [0.15, 0.2) is 46.2 Å². The molecule has 0 radical (unpaired) electrons. The van der Waals surface area contributed by atoms with Gasteiger partial charge in [-0.3, -0.25) is 4.90 Å². The smallest absolute Gasteiger partial charge is 0.120 e. The molecule has 1 saturated heterocycles. The molecule has 0 spiro atoms. The van der Waals surface area contributed by atoms with Crippen LogP contribution in [-0.2, 0) is 17.2 Å². The Balaban J connectivity index is 1.86. The van der Waals surface area contributed by atoms with Crippen LogP contribution in [0.5, 0.6) is 5.75 Å². The zero-order valence-electron chi connectivity index (χ0n) is 14.1. The van der Waals surface area contributed by atoms with Gasteiger partial charge in [0.05, 0.1) is 22.8 Å². The van der Waals surface area contributed by atoms with Crippen molar-refractivity contribution in [2.45, 2.75) is 22.3 Å². The van der Waals surface area contributed by atoms with Crippen molar-refractivity contribution >= 4 is 22.4 Å². The normalized spacial score (nSPS) is 23.4. The van der Waals surface area contributed by atoms with Gasteiger partial charge in [0, 0.05) is 42.1 Å². The molecule has 2 atom stereocenters. The lowest BCUT2D eigenvalue weighted by atomic mass is 9.96. The Bertz CT molecular complexity index is 821. The van der Waals surface area contributed by atoms with Crippen LogP contribution in [0.3, 0.4) is 0 Å². The molecule has 0 unspecified atom stereocenters. The summed E-state index contributed by atoms with van der Waals surface area (Å²) in [5.74, 6) is 0.739. The van der Waals surface area contributed by atoms with Crippen LogP contribution in [0.2, 0.25) is 5.02 Å². The fourth-order valence-electron chi connectivity index (χ4n) is 3.71. The van der Waals surface area contributed by atoms with Gasteiger partial charge in [0.15, 0.2) is 0 Å². The number of fused-ring (bicyclic) bond motifs is 2. The Labute approximate surface area is 155 Å². The quantitative estimate of drug-likeness (QED) is 0.874. The number of benzene rings is 2. The van der Waals surface area contributed by atoms with Crippen LogP contribution in [0, 0.1) is 0 Å². The average Bonchev–Trinajstić information content (AvgIpc) is 2.77. The summed E-state index contributed by atoms with van der Waals surface area (Å²) in [5.41, 5.74) is 2.21. The molecule has 2 aromatic rings. The Morgan fingerprint density at radius 1 is 1.16 bits per heavy atom. The average molecular weight is 377 g/mol. The van der Waals surface area contributed by atoms with Crippen LogP contribution in [0.1, 0.15) is 17.2 Å². The summed E-state index contributed by atoms with van der Waals surface area (Å²) in [4.78, 5) is 4.18. The lowest BCUT2D eigenvalue weighted by Gasteiger charge is -2.35. The van der Waals surface area contributed by atoms with Gasteiger partial charge in [-0.2, -0.15) is 0 Å². The zero-order valence-corrected chi connectivity index (χ0v) is 15.7. The van der Waals surface area contributed by atoms with Crippen molar-refractivity contribution in [1.29, 1.82) is 0 Å². The molecular formula is C19H21ClN2O2S. The van der Waals surface area contributed by atoms with Crippen molar-refractivity contribution in [3.05, 3.63) is 52.5 Å². The van der Waals surface area contributed by atoms with Crippen molar-refractivity contribution in [3.8, 4) is 5.75 Å². The highest BCUT2D eigenvalue weighted by Gasteiger charge is 2.31. The zero-order chi connectivity index (χ0) is 17.4. The monoisotopic (exact) mass is 376 g/mol. The van der Waals surface area contributed by atoms with Crippen molar-refractivity contribution in [1.82, 2.24) is 10.2 Å². The van der Waals surface area contributed by atoms with Crippen molar-refractivity contribution in [2.24, 2.45) is 0 Å². The molecule has 6 heteroatoms. The van der Waals surface area contributed by atoms with E-state index in [0.29, 0.717) is 5.02 Å². The summed E-state index contributed by atoms with van der Waals surface area (Å²) in [5, 5.41) is 4.10. The van der Waals surface area contributed by atoms with Crippen LogP contribution in [0.25, 0.3) is 0 Å². The number of ether oxygens (including phenoxy) is 1. The van der Waals surface area contributed by atoms with E-state index >= 15 is 0 Å². The first-order valence-electron chi connectivity index (χ1n) is 8.50. The third-order valence-corrected chi connectivity index (χ3v) is 6.80. The number of rotatable bonds is 2. The topological polar surface area (TPSA) is 41.6 Å². The lowest BCUT2D eigenvalue weighted by molar-refractivity contribution is 0.170. The van der Waals surface area contributed by atoms with E-state index in [0.717, 1.165) is 59.3 Å². The molecule has 0 amide bonds. The minimum absolute atomic E-state index is 0.189. The molecule has 0 saturated carbocycles. The van der Waals surface area contributed by atoms with Crippen LogP contribution in [-0.4, -0.2) is 42.4 Å². The largest absolute Gasteiger partial charge is 0.497 e. The van der Waals surface area contributed by atoms with Gasteiger partial charge in [-0.15, -0.1) is 0 Å². The van der Waals surface area contributed by atoms with Crippen molar-refractivity contribution in [3.63, 3.8) is 0 Å². The third kappa shape index (κ3) is 3.22. The molecule has 25 heavy (non-hydrogen) atoms. The Kier molecular flexibility index (Phi) is 4.82. The molecule has 4 rings (SSSR count).